The quantitative estimate of drug-likeness (QED) is 0.175. The zero-order valence-corrected chi connectivity index (χ0v) is 32.2. The number of para-hydroxylation sites is 3. The van der Waals surface area contributed by atoms with Gasteiger partial charge in [-0.2, -0.15) is 0 Å². The van der Waals surface area contributed by atoms with Gasteiger partial charge in [-0.3, -0.25) is 0 Å². The van der Waals surface area contributed by atoms with Gasteiger partial charge in [0.15, 0.2) is 0 Å². The fourth-order valence-electron chi connectivity index (χ4n) is 10.4. The Labute approximate surface area is 340 Å². The topological polar surface area (TPSA) is 9.86 Å². The van der Waals surface area contributed by atoms with Gasteiger partial charge in [-0.25, -0.2) is 0 Å². The summed E-state index contributed by atoms with van der Waals surface area (Å²) in [4.78, 5) is 2.64. The highest BCUT2D eigenvalue weighted by atomic mass is 32.2. The summed E-state index contributed by atoms with van der Waals surface area (Å²) in [5, 5.41) is 5.04. The van der Waals surface area contributed by atoms with Gasteiger partial charge >= 0.3 is 0 Å². The van der Waals surface area contributed by atoms with Crippen LogP contribution < -0.4 is 0 Å². The average Bonchev–Trinajstić information content (AvgIpc) is 3.90. The van der Waals surface area contributed by atoms with E-state index in [1.54, 1.807) is 0 Å². The highest BCUT2D eigenvalue weighted by molar-refractivity contribution is 7.99. The maximum atomic E-state index is 2.53. The van der Waals surface area contributed by atoms with Crippen molar-refractivity contribution in [2.75, 3.05) is 0 Å². The minimum atomic E-state index is -0.434. The lowest BCUT2D eigenvalue weighted by atomic mass is 9.67. The molecule has 0 N–H and O–H groups in total. The number of fused-ring (bicyclic) bond motifs is 15. The second kappa shape index (κ2) is 12.0. The molecule has 2 aliphatic rings. The van der Waals surface area contributed by atoms with E-state index in [9.17, 15) is 0 Å². The maximum absolute atomic E-state index is 2.53. The van der Waals surface area contributed by atoms with Gasteiger partial charge in [0.25, 0.3) is 0 Å². The van der Waals surface area contributed by atoms with Gasteiger partial charge in [0, 0.05) is 42.7 Å². The van der Waals surface area contributed by atoms with Crippen molar-refractivity contribution in [3.05, 3.63) is 229 Å². The number of nitrogens with zero attached hydrogens (tertiary/aromatic N) is 2. The first-order chi connectivity index (χ1) is 28.8. The smallest absolute Gasteiger partial charge is 0.0736 e. The fourth-order valence-corrected chi connectivity index (χ4v) is 11.6. The van der Waals surface area contributed by atoms with E-state index in [1.165, 1.54) is 104 Å². The van der Waals surface area contributed by atoms with Crippen LogP contribution in [-0.4, -0.2) is 9.13 Å². The molecule has 58 heavy (non-hydrogen) atoms. The third kappa shape index (κ3) is 4.23. The second-order valence-electron chi connectivity index (χ2n) is 15.6. The Hall–Kier alpha value is -7.07. The molecule has 0 atom stereocenters. The summed E-state index contributed by atoms with van der Waals surface area (Å²) in [6.45, 7) is 0. The van der Waals surface area contributed by atoms with E-state index in [2.05, 4.69) is 215 Å². The molecule has 1 spiro atoms. The molecule has 11 aromatic rings. The molecule has 3 heterocycles. The summed E-state index contributed by atoms with van der Waals surface area (Å²) in [5.74, 6) is 0. The summed E-state index contributed by atoms with van der Waals surface area (Å²) >= 11 is 1.89. The van der Waals surface area contributed by atoms with E-state index < -0.39 is 5.41 Å². The van der Waals surface area contributed by atoms with Gasteiger partial charge in [-0.05, 0) is 123 Å². The number of hydrogen-bond donors (Lipinski definition) is 0. The molecule has 9 aromatic carbocycles. The number of aromatic nitrogens is 2. The van der Waals surface area contributed by atoms with Crippen LogP contribution in [0.15, 0.2) is 216 Å². The first-order valence-corrected chi connectivity index (χ1v) is 20.8. The van der Waals surface area contributed by atoms with Crippen molar-refractivity contribution in [3.8, 4) is 33.6 Å². The molecular formula is C55H34N2S. The van der Waals surface area contributed by atoms with Crippen LogP contribution in [0.25, 0.3) is 77.2 Å². The molecule has 0 bridgehead atoms. The van der Waals surface area contributed by atoms with Crippen molar-refractivity contribution in [1.29, 1.82) is 0 Å². The van der Waals surface area contributed by atoms with Crippen molar-refractivity contribution >= 4 is 55.4 Å². The Kier molecular flexibility index (Phi) is 6.62. The van der Waals surface area contributed by atoms with Gasteiger partial charge in [0.05, 0.1) is 27.5 Å². The van der Waals surface area contributed by atoms with E-state index in [-0.39, 0.29) is 0 Å². The van der Waals surface area contributed by atoms with Crippen LogP contribution >= 0.6 is 11.8 Å². The van der Waals surface area contributed by atoms with Gasteiger partial charge in [0.1, 0.15) is 0 Å². The van der Waals surface area contributed by atoms with Crippen molar-refractivity contribution in [2.45, 2.75) is 15.2 Å². The Bertz CT molecular complexity index is 3440. The van der Waals surface area contributed by atoms with Crippen molar-refractivity contribution in [3.63, 3.8) is 0 Å². The van der Waals surface area contributed by atoms with Gasteiger partial charge in [0.2, 0.25) is 0 Å². The molecule has 0 saturated heterocycles. The van der Waals surface area contributed by atoms with Gasteiger partial charge in [-0.1, -0.05) is 139 Å². The van der Waals surface area contributed by atoms with E-state index >= 15 is 0 Å². The predicted octanol–water partition coefficient (Wildman–Crippen LogP) is 14.4. The average molecular weight is 755 g/mol. The zero-order chi connectivity index (χ0) is 38.0. The van der Waals surface area contributed by atoms with Crippen LogP contribution in [0.2, 0.25) is 0 Å². The summed E-state index contributed by atoms with van der Waals surface area (Å²) in [6.07, 6.45) is 0. The first-order valence-electron chi connectivity index (χ1n) is 20.0. The molecular weight excluding hydrogens is 721 g/mol. The van der Waals surface area contributed by atoms with Crippen molar-refractivity contribution in [1.82, 2.24) is 9.13 Å². The molecule has 13 rings (SSSR count). The highest BCUT2D eigenvalue weighted by Gasteiger charge is 2.50. The number of rotatable bonds is 3. The number of benzene rings is 9. The molecule has 0 fully saturated rings. The second-order valence-corrected chi connectivity index (χ2v) is 16.7. The van der Waals surface area contributed by atoms with Crippen LogP contribution in [-0.2, 0) is 5.41 Å². The van der Waals surface area contributed by atoms with Crippen molar-refractivity contribution in [2.24, 2.45) is 0 Å². The van der Waals surface area contributed by atoms with Crippen LogP contribution in [0, 0.1) is 0 Å². The van der Waals surface area contributed by atoms with Crippen LogP contribution in [0.5, 0.6) is 0 Å². The molecule has 2 nitrogen and oxygen atoms in total. The van der Waals surface area contributed by atoms with Crippen LogP contribution in [0.1, 0.15) is 22.3 Å². The fraction of sp³-hybridized carbons (Fsp3) is 0.0182. The predicted molar refractivity (Wildman–Crippen MR) is 242 cm³/mol. The van der Waals surface area contributed by atoms with Crippen molar-refractivity contribution < 1.29 is 0 Å². The van der Waals surface area contributed by atoms with E-state index in [4.69, 9.17) is 0 Å². The standard InChI is InChI=1S/C55H34N2S/c1-3-15-37(16-4-1)56-49-24-12-8-20-40(49)42-31-35(27-29-50(42)56)36-28-30-51-43(32-36)44-33-41-39-19-7-9-21-45(39)55(48(41)34-52(44)57(51)38-17-5-2-6-18-38)46-22-10-13-25-53(46)58-54-26-14-11-23-47(54)55/h1-34H. The van der Waals surface area contributed by atoms with E-state index in [0.29, 0.717) is 0 Å². The molecule has 1 aliphatic heterocycles. The van der Waals surface area contributed by atoms with Crippen LogP contribution in [0.4, 0.5) is 0 Å². The molecule has 2 aromatic heterocycles. The maximum Gasteiger partial charge on any atom is 0.0736 e. The first kappa shape index (κ1) is 32.1. The Morgan fingerprint density at radius 2 is 0.793 bits per heavy atom. The summed E-state index contributed by atoms with van der Waals surface area (Å²) in [7, 11) is 0. The molecule has 1 aliphatic carbocycles. The molecule has 3 heteroatoms. The largest absolute Gasteiger partial charge is 0.309 e. The third-order valence-corrected chi connectivity index (χ3v) is 13.9. The van der Waals surface area contributed by atoms with Gasteiger partial charge in [-0.15, -0.1) is 0 Å². The molecule has 0 radical (unpaired) electrons. The van der Waals surface area contributed by atoms with E-state index in [0.717, 1.165) is 5.69 Å². The third-order valence-electron chi connectivity index (χ3n) is 12.8. The van der Waals surface area contributed by atoms with E-state index in [1.807, 2.05) is 11.8 Å². The summed E-state index contributed by atoms with van der Waals surface area (Å²) < 4.78 is 4.87. The normalized spacial score (nSPS) is 13.6. The lowest BCUT2D eigenvalue weighted by Gasteiger charge is -2.39. The molecule has 270 valence electrons. The SMILES string of the molecule is c1ccc(-n2c3ccccc3c3cc(-c4ccc5c(c4)c4cc6c(cc4n5-c4ccccc4)C4(c5ccccc5Sc5ccccc54)c4ccccc4-6)ccc32)cc1. The number of hydrogen-bond acceptors (Lipinski definition) is 1. The van der Waals surface area contributed by atoms with Crippen LogP contribution in [0.3, 0.4) is 0 Å². The highest BCUT2D eigenvalue weighted by Crippen LogP contribution is 2.62. The lowest BCUT2D eigenvalue weighted by molar-refractivity contribution is 0.723. The minimum Gasteiger partial charge on any atom is -0.309 e. The Morgan fingerprint density at radius 1 is 0.310 bits per heavy atom. The Balaban J connectivity index is 1.09. The Morgan fingerprint density at radius 3 is 1.45 bits per heavy atom. The minimum absolute atomic E-state index is 0.434. The molecule has 0 saturated carbocycles. The zero-order valence-electron chi connectivity index (χ0n) is 31.4. The lowest BCUT2D eigenvalue weighted by Crippen LogP contribution is -2.31. The summed E-state index contributed by atoms with van der Waals surface area (Å²) in [5.41, 5.74) is 17.2. The summed E-state index contributed by atoms with van der Waals surface area (Å²) in [6, 6.07) is 76.7. The monoisotopic (exact) mass is 754 g/mol. The molecule has 0 amide bonds. The molecule has 0 unspecified atom stereocenters. The van der Waals surface area contributed by atoms with Gasteiger partial charge < -0.3 is 9.13 Å².